The van der Waals surface area contributed by atoms with Crippen molar-refractivity contribution in [2.45, 2.75) is 13.5 Å². The quantitative estimate of drug-likeness (QED) is 0.281. The predicted octanol–water partition coefficient (Wildman–Crippen LogP) is 5.44. The first kappa shape index (κ1) is 23.2. The standard InChI is InChI=1S/C29H25N7O2/c1-3-36-12-11-27(34-36)32-28(37)20-5-4-6-22(14-20)31-29(38)24-17-35(2)26-10-8-19(15-23(24)26)18-7-9-25-21(13-18)16-30-33-25/h4-17H,3H2,1-2H3,(H,30,33)(H,31,38)(H,32,34,37). The Labute approximate surface area is 218 Å². The number of carbonyl (C=O) groups is 2. The van der Waals surface area contributed by atoms with Crippen LogP contribution >= 0.6 is 0 Å². The first-order valence-electron chi connectivity index (χ1n) is 12.3. The van der Waals surface area contributed by atoms with E-state index in [4.69, 9.17) is 0 Å². The molecule has 3 N–H and O–H groups in total. The molecule has 188 valence electrons. The summed E-state index contributed by atoms with van der Waals surface area (Å²) in [5.74, 6) is -0.0751. The van der Waals surface area contributed by atoms with Gasteiger partial charge in [0.05, 0.1) is 17.3 Å². The van der Waals surface area contributed by atoms with Crippen molar-refractivity contribution in [2.75, 3.05) is 10.6 Å². The van der Waals surface area contributed by atoms with Crippen molar-refractivity contribution >= 4 is 45.1 Å². The zero-order valence-electron chi connectivity index (χ0n) is 20.9. The summed E-state index contributed by atoms with van der Waals surface area (Å²) in [6.45, 7) is 2.69. The zero-order valence-corrected chi connectivity index (χ0v) is 20.9. The molecule has 0 bridgehead atoms. The molecule has 9 nitrogen and oxygen atoms in total. The molecule has 0 atom stereocenters. The summed E-state index contributed by atoms with van der Waals surface area (Å²) in [5.41, 5.74) is 5.46. The van der Waals surface area contributed by atoms with Crippen molar-refractivity contribution in [1.29, 1.82) is 0 Å². The Morgan fingerprint density at radius 1 is 0.947 bits per heavy atom. The summed E-state index contributed by atoms with van der Waals surface area (Å²) < 4.78 is 3.67. The number of aromatic nitrogens is 5. The fourth-order valence-corrected chi connectivity index (χ4v) is 4.60. The van der Waals surface area contributed by atoms with Gasteiger partial charge in [-0.15, -0.1) is 0 Å². The monoisotopic (exact) mass is 503 g/mol. The number of amides is 2. The number of fused-ring (bicyclic) bond motifs is 2. The lowest BCUT2D eigenvalue weighted by atomic mass is 10.0. The topological polar surface area (TPSA) is 110 Å². The van der Waals surface area contributed by atoms with Gasteiger partial charge in [-0.3, -0.25) is 19.4 Å². The Kier molecular flexibility index (Phi) is 5.72. The van der Waals surface area contributed by atoms with E-state index in [1.807, 2.05) is 49.0 Å². The number of nitrogens with one attached hydrogen (secondary N) is 3. The van der Waals surface area contributed by atoms with Crippen LogP contribution in [0.5, 0.6) is 0 Å². The molecule has 3 heterocycles. The summed E-state index contributed by atoms with van der Waals surface area (Å²) in [6.07, 6.45) is 5.42. The van der Waals surface area contributed by atoms with E-state index < -0.39 is 0 Å². The lowest BCUT2D eigenvalue weighted by Gasteiger charge is -2.08. The van der Waals surface area contributed by atoms with E-state index in [0.29, 0.717) is 29.2 Å². The van der Waals surface area contributed by atoms with Crippen LogP contribution in [0.4, 0.5) is 11.5 Å². The molecule has 0 aliphatic heterocycles. The molecule has 6 aromatic rings. The minimum atomic E-state index is -0.299. The van der Waals surface area contributed by atoms with Crippen LogP contribution in [-0.4, -0.2) is 36.4 Å². The van der Waals surface area contributed by atoms with Crippen molar-refractivity contribution in [3.8, 4) is 11.1 Å². The van der Waals surface area contributed by atoms with E-state index in [0.717, 1.165) is 32.9 Å². The zero-order chi connectivity index (χ0) is 26.2. The lowest BCUT2D eigenvalue weighted by molar-refractivity contribution is 0.101. The molecule has 0 saturated carbocycles. The summed E-state index contributed by atoms with van der Waals surface area (Å²) in [4.78, 5) is 26.1. The van der Waals surface area contributed by atoms with Crippen LogP contribution in [0.1, 0.15) is 27.6 Å². The highest BCUT2D eigenvalue weighted by Gasteiger charge is 2.16. The molecule has 9 heteroatoms. The van der Waals surface area contributed by atoms with Crippen molar-refractivity contribution in [3.05, 3.63) is 96.4 Å². The van der Waals surface area contributed by atoms with Crippen LogP contribution in [-0.2, 0) is 13.6 Å². The molecule has 3 aromatic heterocycles. The number of aromatic amines is 1. The molecular formula is C29H25N7O2. The number of hydrogen-bond donors (Lipinski definition) is 3. The third-order valence-electron chi connectivity index (χ3n) is 6.60. The van der Waals surface area contributed by atoms with Crippen LogP contribution in [0.3, 0.4) is 0 Å². The summed E-state index contributed by atoms with van der Waals surface area (Å²) >= 11 is 0. The predicted molar refractivity (Wildman–Crippen MR) is 148 cm³/mol. The Morgan fingerprint density at radius 2 is 1.79 bits per heavy atom. The minimum absolute atomic E-state index is 0.253. The van der Waals surface area contributed by atoms with Gasteiger partial charge in [0.15, 0.2) is 5.82 Å². The molecule has 0 aliphatic carbocycles. The van der Waals surface area contributed by atoms with Crippen LogP contribution in [0, 0.1) is 0 Å². The highest BCUT2D eigenvalue weighted by molar-refractivity contribution is 6.14. The van der Waals surface area contributed by atoms with Crippen molar-refractivity contribution in [3.63, 3.8) is 0 Å². The second-order valence-corrected chi connectivity index (χ2v) is 9.10. The van der Waals surface area contributed by atoms with Gasteiger partial charge >= 0.3 is 0 Å². The van der Waals surface area contributed by atoms with E-state index in [1.165, 1.54) is 0 Å². The van der Waals surface area contributed by atoms with E-state index in [1.54, 1.807) is 47.4 Å². The van der Waals surface area contributed by atoms with Gasteiger partial charge in [0.25, 0.3) is 11.8 Å². The molecule has 6 rings (SSSR count). The maximum absolute atomic E-state index is 13.4. The molecule has 0 unspecified atom stereocenters. The van der Waals surface area contributed by atoms with E-state index in [-0.39, 0.29) is 11.8 Å². The second-order valence-electron chi connectivity index (χ2n) is 9.10. The number of nitrogens with zero attached hydrogens (tertiary/aromatic N) is 4. The molecule has 0 aliphatic rings. The molecule has 38 heavy (non-hydrogen) atoms. The number of rotatable bonds is 6. The Morgan fingerprint density at radius 3 is 2.63 bits per heavy atom. The first-order chi connectivity index (χ1) is 18.5. The summed E-state index contributed by atoms with van der Waals surface area (Å²) in [7, 11) is 1.92. The summed E-state index contributed by atoms with van der Waals surface area (Å²) in [6, 6.07) is 20.8. The normalized spacial score (nSPS) is 11.2. The van der Waals surface area contributed by atoms with Crippen molar-refractivity contribution < 1.29 is 9.59 Å². The van der Waals surface area contributed by atoms with E-state index in [9.17, 15) is 9.59 Å². The number of H-pyrrole nitrogens is 1. The first-order valence-corrected chi connectivity index (χ1v) is 12.3. The third-order valence-corrected chi connectivity index (χ3v) is 6.60. The van der Waals surface area contributed by atoms with Crippen LogP contribution < -0.4 is 10.6 Å². The number of benzene rings is 3. The molecule has 0 saturated heterocycles. The van der Waals surface area contributed by atoms with E-state index in [2.05, 4.69) is 38.1 Å². The smallest absolute Gasteiger partial charge is 0.257 e. The number of hydrogen-bond acceptors (Lipinski definition) is 4. The van der Waals surface area contributed by atoms with Gasteiger partial charge < -0.3 is 15.2 Å². The maximum Gasteiger partial charge on any atom is 0.257 e. The highest BCUT2D eigenvalue weighted by Crippen LogP contribution is 2.30. The lowest BCUT2D eigenvalue weighted by Crippen LogP contribution is -2.15. The van der Waals surface area contributed by atoms with Crippen LogP contribution in [0.15, 0.2) is 85.3 Å². The van der Waals surface area contributed by atoms with Gasteiger partial charge in [0, 0.05) is 59.6 Å². The Hall–Kier alpha value is -5.18. The maximum atomic E-state index is 13.4. The fourth-order valence-electron chi connectivity index (χ4n) is 4.60. The van der Waals surface area contributed by atoms with E-state index >= 15 is 0 Å². The SMILES string of the molecule is CCn1ccc(NC(=O)c2cccc(NC(=O)c3cn(C)c4ccc(-c5ccc6[nH]ncc6c5)cc34)c2)n1. The molecule has 0 fully saturated rings. The molecule has 3 aromatic carbocycles. The average molecular weight is 504 g/mol. The molecule has 0 spiro atoms. The van der Waals surface area contributed by atoms with Crippen molar-refractivity contribution in [2.24, 2.45) is 7.05 Å². The fraction of sp³-hybridized carbons (Fsp3) is 0.103. The van der Waals surface area contributed by atoms with Gasteiger partial charge in [0.1, 0.15) is 0 Å². The average Bonchev–Trinajstić information content (AvgIpc) is 3.67. The van der Waals surface area contributed by atoms with Crippen LogP contribution in [0.25, 0.3) is 32.9 Å². The van der Waals surface area contributed by atoms with Gasteiger partial charge in [-0.1, -0.05) is 18.2 Å². The Balaban J connectivity index is 1.26. The number of anilines is 2. The van der Waals surface area contributed by atoms with Gasteiger partial charge in [-0.25, -0.2) is 0 Å². The van der Waals surface area contributed by atoms with Crippen LogP contribution in [0.2, 0.25) is 0 Å². The minimum Gasteiger partial charge on any atom is -0.350 e. The number of carbonyl (C=O) groups excluding carboxylic acids is 2. The largest absolute Gasteiger partial charge is 0.350 e. The van der Waals surface area contributed by atoms with Gasteiger partial charge in [-0.2, -0.15) is 10.2 Å². The number of aryl methyl sites for hydroxylation is 2. The third kappa shape index (κ3) is 4.30. The highest BCUT2D eigenvalue weighted by atomic mass is 16.2. The molecule has 0 radical (unpaired) electrons. The Bertz CT molecular complexity index is 1830. The second kappa shape index (κ2) is 9.36. The van der Waals surface area contributed by atoms with Gasteiger partial charge in [0.2, 0.25) is 0 Å². The summed E-state index contributed by atoms with van der Waals surface area (Å²) in [5, 5.41) is 19.0. The van der Waals surface area contributed by atoms with Gasteiger partial charge in [-0.05, 0) is 60.5 Å². The molecule has 2 amide bonds. The van der Waals surface area contributed by atoms with Crippen molar-refractivity contribution in [1.82, 2.24) is 24.5 Å². The molecular weight excluding hydrogens is 478 g/mol.